The van der Waals surface area contributed by atoms with Crippen LogP contribution in [0.5, 0.6) is 0 Å². The Kier molecular flexibility index (Phi) is 6.26. The number of benzene rings is 2. The first-order valence-electron chi connectivity index (χ1n) is 10.5. The number of aromatic amines is 1. The Bertz CT molecular complexity index is 1110. The third-order valence-electron chi connectivity index (χ3n) is 5.66. The van der Waals surface area contributed by atoms with Gasteiger partial charge in [-0.15, -0.1) is 0 Å². The third-order valence-corrected chi connectivity index (χ3v) is 5.66. The molecule has 152 valence electrons. The quantitative estimate of drug-likeness (QED) is 0.467. The van der Waals surface area contributed by atoms with Crippen LogP contribution in [0.15, 0.2) is 54.7 Å². The van der Waals surface area contributed by atoms with Gasteiger partial charge in [-0.3, -0.25) is 9.69 Å². The van der Waals surface area contributed by atoms with Crippen LogP contribution in [0.2, 0.25) is 0 Å². The minimum Gasteiger partial charge on any atom is -0.361 e. The second-order valence-electron chi connectivity index (χ2n) is 7.74. The molecule has 0 unspecified atom stereocenters. The molecular formula is C25H26N4O. The van der Waals surface area contributed by atoms with Crippen LogP contribution in [0.25, 0.3) is 17.0 Å². The maximum atomic E-state index is 12.1. The molecule has 0 saturated heterocycles. The molecule has 5 nitrogen and oxygen atoms in total. The van der Waals surface area contributed by atoms with Crippen LogP contribution >= 0.6 is 0 Å². The Hall–Kier alpha value is -3.36. The first-order chi connectivity index (χ1) is 14.7. The summed E-state index contributed by atoms with van der Waals surface area (Å²) in [5.74, 6) is -0.0591. The fourth-order valence-corrected chi connectivity index (χ4v) is 4.00. The van der Waals surface area contributed by atoms with Crippen molar-refractivity contribution in [3.63, 3.8) is 0 Å². The fourth-order valence-electron chi connectivity index (χ4n) is 4.00. The zero-order valence-corrected chi connectivity index (χ0v) is 17.0. The van der Waals surface area contributed by atoms with Crippen LogP contribution in [0.3, 0.4) is 0 Å². The molecule has 2 N–H and O–H groups in total. The van der Waals surface area contributed by atoms with Crippen molar-refractivity contribution in [2.75, 3.05) is 19.6 Å². The third kappa shape index (κ3) is 4.79. The number of unbranched alkanes of at least 4 members (excludes halogenated alkanes) is 1. The molecule has 0 bridgehead atoms. The number of carbonyl (C=O) groups excluding carboxylic acids is 1. The summed E-state index contributed by atoms with van der Waals surface area (Å²) in [5.41, 5.74) is 5.46. The number of rotatable bonds is 7. The smallest absolute Gasteiger partial charge is 0.244 e. The van der Waals surface area contributed by atoms with Gasteiger partial charge in [-0.25, -0.2) is 0 Å². The molecule has 1 aromatic heterocycles. The Morgan fingerprint density at radius 2 is 2.10 bits per heavy atom. The SMILES string of the molecule is N#Cc1ccc2c(c1)CN(CCCCNC(=O)/C=C/c1c[nH]c3ccccc13)CC2. The van der Waals surface area contributed by atoms with Crippen LogP contribution in [0.4, 0.5) is 0 Å². The molecule has 1 aliphatic rings. The minimum absolute atomic E-state index is 0.0591. The lowest BCUT2D eigenvalue weighted by Crippen LogP contribution is -2.32. The van der Waals surface area contributed by atoms with E-state index in [0.29, 0.717) is 6.54 Å². The molecule has 1 aliphatic heterocycles. The lowest BCUT2D eigenvalue weighted by atomic mass is 9.97. The van der Waals surface area contributed by atoms with E-state index in [2.05, 4.69) is 27.3 Å². The maximum Gasteiger partial charge on any atom is 0.244 e. The summed E-state index contributed by atoms with van der Waals surface area (Å²) in [4.78, 5) is 17.7. The monoisotopic (exact) mass is 398 g/mol. The van der Waals surface area contributed by atoms with Gasteiger partial charge in [0.05, 0.1) is 11.6 Å². The number of hydrogen-bond donors (Lipinski definition) is 2. The number of carbonyl (C=O) groups is 1. The number of aromatic nitrogens is 1. The van der Waals surface area contributed by atoms with Crippen LogP contribution in [-0.2, 0) is 17.8 Å². The maximum absolute atomic E-state index is 12.1. The van der Waals surface area contributed by atoms with Crippen LogP contribution in [0, 0.1) is 11.3 Å². The number of nitrogens with zero attached hydrogens (tertiary/aromatic N) is 2. The average Bonchev–Trinajstić information content (AvgIpc) is 3.20. The highest BCUT2D eigenvalue weighted by Gasteiger charge is 2.16. The lowest BCUT2D eigenvalue weighted by Gasteiger charge is -2.28. The van der Waals surface area contributed by atoms with Crippen molar-refractivity contribution >= 4 is 22.9 Å². The summed E-state index contributed by atoms with van der Waals surface area (Å²) in [6, 6.07) is 16.3. The Morgan fingerprint density at radius 3 is 3.00 bits per heavy atom. The number of amides is 1. The van der Waals surface area contributed by atoms with Crippen molar-refractivity contribution in [2.24, 2.45) is 0 Å². The van der Waals surface area contributed by atoms with E-state index in [1.807, 2.05) is 48.7 Å². The molecule has 4 rings (SSSR count). The molecule has 30 heavy (non-hydrogen) atoms. The second kappa shape index (κ2) is 9.43. The highest BCUT2D eigenvalue weighted by molar-refractivity contribution is 5.96. The van der Waals surface area contributed by atoms with Gasteiger partial charge in [-0.1, -0.05) is 24.3 Å². The molecule has 0 saturated carbocycles. The number of para-hydroxylation sites is 1. The van der Waals surface area contributed by atoms with Crippen molar-refractivity contribution in [1.82, 2.24) is 15.2 Å². The van der Waals surface area contributed by atoms with E-state index in [4.69, 9.17) is 5.26 Å². The Morgan fingerprint density at radius 1 is 1.20 bits per heavy atom. The molecule has 1 amide bonds. The number of hydrogen-bond acceptors (Lipinski definition) is 3. The predicted octanol–water partition coefficient (Wildman–Crippen LogP) is 4.01. The second-order valence-corrected chi connectivity index (χ2v) is 7.74. The molecule has 0 fully saturated rings. The molecule has 2 aromatic carbocycles. The average molecular weight is 399 g/mol. The van der Waals surface area contributed by atoms with Crippen molar-refractivity contribution in [2.45, 2.75) is 25.8 Å². The van der Waals surface area contributed by atoms with E-state index in [9.17, 15) is 4.79 Å². The normalized spacial score (nSPS) is 14.0. The molecule has 0 atom stereocenters. The number of H-pyrrole nitrogens is 1. The summed E-state index contributed by atoms with van der Waals surface area (Å²) < 4.78 is 0. The van der Waals surface area contributed by atoms with Crippen molar-refractivity contribution in [3.05, 3.63) is 77.0 Å². The molecule has 0 spiro atoms. The summed E-state index contributed by atoms with van der Waals surface area (Å²) in [7, 11) is 0. The van der Waals surface area contributed by atoms with Gasteiger partial charge in [0.25, 0.3) is 0 Å². The van der Waals surface area contributed by atoms with Gasteiger partial charge in [0.2, 0.25) is 5.91 Å². The van der Waals surface area contributed by atoms with E-state index >= 15 is 0 Å². The molecule has 5 heteroatoms. The van der Waals surface area contributed by atoms with E-state index in [0.717, 1.165) is 60.9 Å². The zero-order valence-electron chi connectivity index (χ0n) is 17.0. The van der Waals surface area contributed by atoms with Crippen LogP contribution < -0.4 is 5.32 Å². The number of nitrogens with one attached hydrogen (secondary N) is 2. The van der Waals surface area contributed by atoms with Crippen molar-refractivity contribution in [1.29, 1.82) is 5.26 Å². The number of fused-ring (bicyclic) bond motifs is 2. The highest BCUT2D eigenvalue weighted by atomic mass is 16.1. The molecule has 0 radical (unpaired) electrons. The molecule has 2 heterocycles. The van der Waals surface area contributed by atoms with Crippen molar-refractivity contribution in [3.8, 4) is 6.07 Å². The van der Waals surface area contributed by atoms with Gasteiger partial charge in [0, 0.05) is 42.8 Å². The lowest BCUT2D eigenvalue weighted by molar-refractivity contribution is -0.116. The highest BCUT2D eigenvalue weighted by Crippen LogP contribution is 2.21. The summed E-state index contributed by atoms with van der Waals surface area (Å²) in [6.07, 6.45) is 8.41. The topological polar surface area (TPSA) is 71.9 Å². The van der Waals surface area contributed by atoms with E-state index in [1.165, 1.54) is 11.1 Å². The van der Waals surface area contributed by atoms with Gasteiger partial charge in [-0.05, 0) is 66.8 Å². The molecule has 0 aliphatic carbocycles. The van der Waals surface area contributed by atoms with Gasteiger partial charge in [0.1, 0.15) is 0 Å². The van der Waals surface area contributed by atoms with Gasteiger partial charge >= 0.3 is 0 Å². The zero-order chi connectivity index (χ0) is 20.8. The van der Waals surface area contributed by atoms with Gasteiger partial charge < -0.3 is 10.3 Å². The summed E-state index contributed by atoms with van der Waals surface area (Å²) in [6.45, 7) is 3.65. The summed E-state index contributed by atoms with van der Waals surface area (Å²) >= 11 is 0. The summed E-state index contributed by atoms with van der Waals surface area (Å²) in [5, 5.41) is 13.2. The molecular weight excluding hydrogens is 372 g/mol. The number of nitriles is 1. The van der Waals surface area contributed by atoms with E-state index in [-0.39, 0.29) is 5.91 Å². The van der Waals surface area contributed by atoms with Gasteiger partial charge in [-0.2, -0.15) is 5.26 Å². The Balaban J connectivity index is 1.17. The fraction of sp³-hybridized carbons (Fsp3) is 0.280. The standard InChI is InChI=1S/C25H26N4O/c26-16-19-7-8-20-11-14-29(18-22(20)15-19)13-4-3-12-27-25(30)10-9-21-17-28-24-6-2-1-5-23(21)24/h1-2,5-10,15,17,28H,3-4,11-14,18H2,(H,27,30)/b10-9+. The first kappa shape index (κ1) is 19.9. The minimum atomic E-state index is -0.0591. The largest absolute Gasteiger partial charge is 0.361 e. The molecule has 3 aromatic rings. The van der Waals surface area contributed by atoms with Crippen LogP contribution in [0.1, 0.15) is 35.1 Å². The van der Waals surface area contributed by atoms with Crippen LogP contribution in [-0.4, -0.2) is 35.4 Å². The van der Waals surface area contributed by atoms with E-state index < -0.39 is 0 Å². The van der Waals surface area contributed by atoms with E-state index in [1.54, 1.807) is 6.08 Å². The van der Waals surface area contributed by atoms with Crippen molar-refractivity contribution < 1.29 is 4.79 Å². The van der Waals surface area contributed by atoms with Gasteiger partial charge in [0.15, 0.2) is 0 Å². The first-order valence-corrected chi connectivity index (χ1v) is 10.5. The predicted molar refractivity (Wildman–Crippen MR) is 120 cm³/mol. The Labute approximate surface area is 177 Å².